The fourth-order valence-corrected chi connectivity index (χ4v) is 6.91. The lowest BCUT2D eigenvalue weighted by atomic mass is 9.84. The number of aromatic amines is 1. The summed E-state index contributed by atoms with van der Waals surface area (Å²) in [6, 6.07) is 25.1. The Labute approximate surface area is 339 Å². The van der Waals surface area contributed by atoms with Gasteiger partial charge in [0.1, 0.15) is 5.58 Å². The molecule has 6 aromatic rings. The molecule has 0 amide bonds. The number of H-pyrrole nitrogens is 1. The van der Waals surface area contributed by atoms with E-state index in [1.807, 2.05) is 81.7 Å². The van der Waals surface area contributed by atoms with Crippen LogP contribution in [-0.2, 0) is 4.74 Å². The van der Waals surface area contributed by atoms with Gasteiger partial charge in [-0.1, -0.05) is 136 Å². The van der Waals surface area contributed by atoms with Crippen LogP contribution in [0.15, 0.2) is 172 Å². The zero-order valence-corrected chi connectivity index (χ0v) is 35.1. The second-order valence-corrected chi connectivity index (χ2v) is 13.8. The lowest BCUT2D eigenvalue weighted by Crippen LogP contribution is -2.07. The minimum atomic E-state index is 0.421. The quantitative estimate of drug-likeness (QED) is 0.0377. The molecule has 0 aliphatic heterocycles. The Morgan fingerprint density at radius 1 is 0.982 bits per heavy atom. The van der Waals surface area contributed by atoms with E-state index in [1.54, 1.807) is 19.6 Å². The normalized spacial score (nSPS) is 14.5. The van der Waals surface area contributed by atoms with Gasteiger partial charge in [-0.05, 0) is 76.0 Å². The minimum Gasteiger partial charge on any atom is -0.505 e. The van der Waals surface area contributed by atoms with E-state index in [2.05, 4.69) is 122 Å². The Morgan fingerprint density at radius 2 is 1.73 bits per heavy atom. The monoisotopic (exact) mass is 763 g/mol. The highest BCUT2D eigenvalue weighted by atomic mass is 32.2. The maximum Gasteiger partial charge on any atom is 0.141 e. The van der Waals surface area contributed by atoms with Crippen LogP contribution in [0.2, 0.25) is 0 Å². The number of nitrogens with zero attached hydrogens (tertiary/aromatic N) is 2. The summed E-state index contributed by atoms with van der Waals surface area (Å²) in [4.78, 5) is 3.50. The number of benzene rings is 4. The third-order valence-electron chi connectivity index (χ3n) is 9.07. The molecule has 1 N–H and O–H groups in total. The maximum absolute atomic E-state index is 5.63. The van der Waals surface area contributed by atoms with Crippen molar-refractivity contribution in [1.82, 2.24) is 9.29 Å². The number of allylic oxidation sites excluding steroid dienone is 11. The van der Waals surface area contributed by atoms with Crippen molar-refractivity contribution in [2.24, 2.45) is 10.3 Å². The summed E-state index contributed by atoms with van der Waals surface area (Å²) in [5.74, 6) is 0.421. The summed E-state index contributed by atoms with van der Waals surface area (Å²) in [5, 5.41) is 6.21. The summed E-state index contributed by atoms with van der Waals surface area (Å²) in [6.07, 6.45) is 28.0. The molecule has 0 fully saturated rings. The number of methoxy groups -OCH3 is 1. The van der Waals surface area contributed by atoms with E-state index in [4.69, 9.17) is 8.81 Å². The molecule has 56 heavy (non-hydrogen) atoms. The number of terminal acetylenes is 1. The van der Waals surface area contributed by atoms with Gasteiger partial charge in [-0.15, -0.1) is 12.8 Å². The van der Waals surface area contributed by atoms with Crippen LogP contribution in [0.1, 0.15) is 53.0 Å². The number of hydrogen-bond acceptors (Lipinski definition) is 5. The van der Waals surface area contributed by atoms with Gasteiger partial charge in [-0.2, -0.15) is 4.40 Å². The lowest BCUT2D eigenvalue weighted by molar-refractivity contribution is 0.337. The van der Waals surface area contributed by atoms with E-state index in [0.29, 0.717) is 5.92 Å². The van der Waals surface area contributed by atoms with Gasteiger partial charge in [0.15, 0.2) is 0 Å². The first-order valence-corrected chi connectivity index (χ1v) is 19.7. The van der Waals surface area contributed by atoms with E-state index in [1.165, 1.54) is 61.4 Å². The first-order chi connectivity index (χ1) is 27.3. The number of aromatic nitrogens is 1. The molecule has 2 heterocycles. The van der Waals surface area contributed by atoms with Crippen molar-refractivity contribution in [3.05, 3.63) is 169 Å². The molecule has 0 radical (unpaired) electrons. The Morgan fingerprint density at radius 3 is 2.36 bits per heavy atom. The van der Waals surface area contributed by atoms with Crippen LogP contribution in [0.3, 0.4) is 0 Å². The Bertz CT molecular complexity index is 2360. The number of furan rings is 1. The third kappa shape index (κ3) is 11.2. The van der Waals surface area contributed by atoms with Crippen molar-refractivity contribution in [3.63, 3.8) is 0 Å². The van der Waals surface area contributed by atoms with Crippen LogP contribution < -0.4 is 0 Å². The number of ether oxygens (including phenoxy) is 1. The topological polar surface area (TPSA) is 53.8 Å². The predicted octanol–water partition coefficient (Wildman–Crippen LogP) is 14.2. The van der Waals surface area contributed by atoms with Gasteiger partial charge in [0.2, 0.25) is 0 Å². The number of fused-ring (bicyclic) bond motifs is 2. The number of rotatable bonds is 10. The Kier molecular flexibility index (Phi) is 18.5. The molecule has 0 saturated carbocycles. The summed E-state index contributed by atoms with van der Waals surface area (Å²) in [5.41, 5.74) is 10.5. The molecular weight excluding hydrogens is 707 g/mol. The first-order valence-electron chi connectivity index (χ1n) is 18.9. The SMILES string of the molecule is C#C.C/C=C\OC.C=CC1=C(CC)CC(/C(C)=C/C=C(C=C)/C(=N/SN(C)C)c2ccccc2)C=C1.CC.c1cc2ccc3c4occc4cc4[nH]c(c1)c2c43. The van der Waals surface area contributed by atoms with Crippen molar-refractivity contribution < 1.29 is 9.15 Å². The van der Waals surface area contributed by atoms with Gasteiger partial charge >= 0.3 is 0 Å². The molecule has 1 atom stereocenters. The van der Waals surface area contributed by atoms with Crippen LogP contribution in [0.25, 0.3) is 43.5 Å². The van der Waals surface area contributed by atoms with Crippen molar-refractivity contribution in [3.8, 4) is 12.8 Å². The van der Waals surface area contributed by atoms with Crippen molar-refractivity contribution in [2.75, 3.05) is 21.2 Å². The van der Waals surface area contributed by atoms with Crippen LogP contribution in [0, 0.1) is 18.8 Å². The average molecular weight is 764 g/mol. The predicted molar refractivity (Wildman–Crippen MR) is 248 cm³/mol. The second kappa shape index (κ2) is 23.2. The van der Waals surface area contributed by atoms with E-state index < -0.39 is 0 Å². The molecule has 2 aromatic heterocycles. The third-order valence-corrected chi connectivity index (χ3v) is 9.66. The molecule has 1 unspecified atom stereocenters. The van der Waals surface area contributed by atoms with Crippen LogP contribution in [-0.4, -0.2) is 36.2 Å². The lowest BCUT2D eigenvalue weighted by Gasteiger charge is -2.21. The average Bonchev–Trinajstić information content (AvgIpc) is 3.88. The maximum atomic E-state index is 5.63. The highest BCUT2D eigenvalue weighted by Gasteiger charge is 2.16. The largest absolute Gasteiger partial charge is 0.505 e. The summed E-state index contributed by atoms with van der Waals surface area (Å²) >= 11 is 1.43. The summed E-state index contributed by atoms with van der Waals surface area (Å²) in [6.45, 7) is 18.3. The molecule has 0 spiro atoms. The van der Waals surface area contributed by atoms with E-state index in [0.717, 1.165) is 40.7 Å². The Balaban J connectivity index is 0.000000262. The van der Waals surface area contributed by atoms with E-state index in [-0.39, 0.29) is 0 Å². The number of nitrogens with one attached hydrogen (secondary N) is 1. The van der Waals surface area contributed by atoms with E-state index >= 15 is 0 Å². The van der Waals surface area contributed by atoms with Gasteiger partial charge in [0.25, 0.3) is 0 Å². The van der Waals surface area contributed by atoms with Crippen LogP contribution in [0.4, 0.5) is 0 Å². The molecule has 0 saturated heterocycles. The van der Waals surface area contributed by atoms with Gasteiger partial charge in [0, 0.05) is 49.6 Å². The van der Waals surface area contributed by atoms with Crippen LogP contribution in [0.5, 0.6) is 0 Å². The van der Waals surface area contributed by atoms with Crippen molar-refractivity contribution in [2.45, 2.75) is 47.5 Å². The molecule has 290 valence electrons. The summed E-state index contributed by atoms with van der Waals surface area (Å²) < 4.78 is 16.9. The molecule has 6 heteroatoms. The van der Waals surface area contributed by atoms with Crippen LogP contribution >= 0.6 is 12.1 Å². The van der Waals surface area contributed by atoms with Gasteiger partial charge < -0.3 is 14.1 Å². The Hall–Kier alpha value is -5.74. The highest BCUT2D eigenvalue weighted by Crippen LogP contribution is 2.38. The molecule has 7 rings (SSSR count). The highest BCUT2D eigenvalue weighted by molar-refractivity contribution is 7.95. The summed E-state index contributed by atoms with van der Waals surface area (Å²) in [7, 11) is 5.60. The second-order valence-electron chi connectivity index (χ2n) is 12.7. The smallest absolute Gasteiger partial charge is 0.141 e. The van der Waals surface area contributed by atoms with Gasteiger partial charge in [-0.3, -0.25) is 0 Å². The zero-order chi connectivity index (χ0) is 41.0. The van der Waals surface area contributed by atoms with E-state index in [9.17, 15) is 0 Å². The molecule has 4 aromatic carbocycles. The number of hydrogen-bond donors (Lipinski definition) is 1. The van der Waals surface area contributed by atoms with Gasteiger partial charge in [0.05, 0.1) is 37.5 Å². The zero-order valence-electron chi connectivity index (χ0n) is 34.3. The molecule has 1 aliphatic carbocycles. The fraction of sp³-hybridized carbons (Fsp3) is 0.220. The van der Waals surface area contributed by atoms with Gasteiger partial charge in [-0.25, -0.2) is 4.31 Å². The standard InChI is InChI=1S/C26H32N2S.C16H9NO.C4H8O.C2H6.C2H2/c1-7-21-17-18-25(19-23(21)9-3)20(4)15-16-22(8-2)26(27-29-28(5)6)24-13-11-10-12-14-24;1-2-9-4-5-11-15-13(17-12(3-1)14(9)15)8-10-6-7-18-16(10)11;1-3-4-5-2;2*1-2/h7-8,10-18,25H,1-2,9,19H2,3-6H3;1-8,17H;3-4H,1-2H3;1-2H3;1-2H/b20-15+,22-16+,27-26-;;4-3-;;. The minimum absolute atomic E-state index is 0.421. The first kappa shape index (κ1) is 44.7. The van der Waals surface area contributed by atoms with Crippen molar-refractivity contribution >= 4 is 61.4 Å². The molecule has 5 nitrogen and oxygen atoms in total. The molecular formula is C50H57N3O2S. The fourth-order valence-electron chi connectivity index (χ4n) is 6.45. The van der Waals surface area contributed by atoms with Crippen molar-refractivity contribution in [1.29, 1.82) is 0 Å². The molecule has 1 aliphatic rings. The molecule has 0 bridgehead atoms.